The molecule has 0 atom stereocenters. The minimum atomic E-state index is -0.190. The third-order valence-electron chi connectivity index (χ3n) is 5.37. The highest BCUT2D eigenvalue weighted by molar-refractivity contribution is 5.79. The van der Waals surface area contributed by atoms with Crippen molar-refractivity contribution in [2.75, 3.05) is 13.2 Å². The predicted molar refractivity (Wildman–Crippen MR) is 107 cm³/mol. The summed E-state index contributed by atoms with van der Waals surface area (Å²) in [5.41, 5.74) is 0. The second kappa shape index (κ2) is 16.1. The fourth-order valence-electron chi connectivity index (χ4n) is 3.64. The van der Waals surface area contributed by atoms with Crippen molar-refractivity contribution in [1.29, 1.82) is 0 Å². The summed E-state index contributed by atoms with van der Waals surface area (Å²) < 4.78 is 5.25. The van der Waals surface area contributed by atoms with Gasteiger partial charge in [0.1, 0.15) is 0 Å². The van der Waals surface area contributed by atoms with Gasteiger partial charge < -0.3 is 10.1 Å². The smallest absolute Gasteiger partial charge is 0.307 e. The number of hydrogen-bond donors (Lipinski definition) is 1. The number of ether oxygens (including phenoxy) is 1. The number of carbonyl (C=O) groups is 2. The molecule has 0 heterocycles. The number of rotatable bonds is 15. The molecule has 4 nitrogen and oxygen atoms in total. The zero-order chi connectivity index (χ0) is 18.9. The third-order valence-corrected chi connectivity index (χ3v) is 5.37. The molecule has 0 aromatic rings. The van der Waals surface area contributed by atoms with Crippen LogP contribution < -0.4 is 5.32 Å². The SMILES string of the molecule is CCCCCCCCCCCCOC(=O)CCNC(=O)C1CCCCC1. The Bertz CT molecular complexity index is 364. The van der Waals surface area contributed by atoms with Crippen molar-refractivity contribution >= 4 is 11.9 Å². The van der Waals surface area contributed by atoms with Crippen LogP contribution >= 0.6 is 0 Å². The van der Waals surface area contributed by atoms with Crippen molar-refractivity contribution in [2.24, 2.45) is 5.92 Å². The van der Waals surface area contributed by atoms with Gasteiger partial charge in [0.05, 0.1) is 13.0 Å². The summed E-state index contributed by atoms with van der Waals surface area (Å²) in [7, 11) is 0. The van der Waals surface area contributed by atoms with Gasteiger partial charge in [-0.2, -0.15) is 0 Å². The van der Waals surface area contributed by atoms with Crippen LogP contribution in [0.3, 0.4) is 0 Å². The molecular weight excluding hydrogens is 326 g/mol. The van der Waals surface area contributed by atoms with Crippen LogP contribution in [0, 0.1) is 5.92 Å². The van der Waals surface area contributed by atoms with E-state index in [9.17, 15) is 9.59 Å². The molecule has 0 radical (unpaired) electrons. The molecule has 0 spiro atoms. The van der Waals surface area contributed by atoms with Crippen LogP contribution in [-0.2, 0) is 14.3 Å². The first-order valence-electron chi connectivity index (χ1n) is 11.2. The average molecular weight is 368 g/mol. The first-order valence-corrected chi connectivity index (χ1v) is 11.2. The molecule has 0 aromatic heterocycles. The van der Waals surface area contributed by atoms with Crippen LogP contribution in [0.4, 0.5) is 0 Å². The number of carbonyl (C=O) groups excluding carboxylic acids is 2. The second-order valence-corrected chi connectivity index (χ2v) is 7.78. The van der Waals surface area contributed by atoms with Crippen molar-refractivity contribution in [2.45, 2.75) is 110 Å². The number of hydrogen-bond acceptors (Lipinski definition) is 3. The molecule has 1 fully saturated rings. The lowest BCUT2D eigenvalue weighted by atomic mass is 9.89. The van der Waals surface area contributed by atoms with Crippen molar-refractivity contribution in [1.82, 2.24) is 5.32 Å². The van der Waals surface area contributed by atoms with Gasteiger partial charge in [0.2, 0.25) is 5.91 Å². The number of unbranched alkanes of at least 4 members (excludes halogenated alkanes) is 9. The number of esters is 1. The van der Waals surface area contributed by atoms with Crippen LogP contribution in [0.15, 0.2) is 0 Å². The zero-order valence-electron chi connectivity index (χ0n) is 17.0. The molecule has 0 saturated heterocycles. The van der Waals surface area contributed by atoms with Crippen LogP contribution in [0.5, 0.6) is 0 Å². The maximum Gasteiger partial charge on any atom is 0.307 e. The molecule has 1 saturated carbocycles. The largest absolute Gasteiger partial charge is 0.466 e. The van der Waals surface area contributed by atoms with Gasteiger partial charge in [0.15, 0.2) is 0 Å². The summed E-state index contributed by atoms with van der Waals surface area (Å²) in [5.74, 6) is 0.0866. The van der Waals surface area contributed by atoms with Gasteiger partial charge in [-0.25, -0.2) is 0 Å². The standard InChI is InChI=1S/C22H41NO3/c1-2-3-4-5-6-7-8-9-10-14-19-26-21(24)17-18-23-22(25)20-15-12-11-13-16-20/h20H,2-19H2,1H3,(H,23,25). The topological polar surface area (TPSA) is 55.4 Å². The molecular formula is C22H41NO3. The Morgan fingerprint density at radius 2 is 1.42 bits per heavy atom. The Balaban J connectivity index is 1.84. The third kappa shape index (κ3) is 12.3. The van der Waals surface area contributed by atoms with E-state index in [1.165, 1.54) is 57.8 Å². The van der Waals surface area contributed by atoms with E-state index >= 15 is 0 Å². The molecule has 1 aliphatic rings. The molecule has 1 N–H and O–H groups in total. The van der Waals surface area contributed by atoms with E-state index < -0.39 is 0 Å². The minimum absolute atomic E-state index is 0.118. The van der Waals surface area contributed by atoms with Gasteiger partial charge in [-0.3, -0.25) is 9.59 Å². The summed E-state index contributed by atoms with van der Waals surface area (Å²) in [6, 6.07) is 0. The minimum Gasteiger partial charge on any atom is -0.466 e. The number of amides is 1. The fraction of sp³-hybridized carbons (Fsp3) is 0.909. The van der Waals surface area contributed by atoms with Crippen LogP contribution in [0.25, 0.3) is 0 Å². The van der Waals surface area contributed by atoms with Gasteiger partial charge in [-0.15, -0.1) is 0 Å². The van der Waals surface area contributed by atoms with Gasteiger partial charge in [0.25, 0.3) is 0 Å². The van der Waals surface area contributed by atoms with Gasteiger partial charge >= 0.3 is 5.97 Å². The lowest BCUT2D eigenvalue weighted by Gasteiger charge is -2.20. The van der Waals surface area contributed by atoms with Gasteiger partial charge in [0, 0.05) is 12.5 Å². The summed E-state index contributed by atoms with van der Waals surface area (Å²) in [6.07, 6.45) is 18.6. The quantitative estimate of drug-likeness (QED) is 0.305. The van der Waals surface area contributed by atoms with Crippen LogP contribution in [-0.4, -0.2) is 25.0 Å². The van der Waals surface area contributed by atoms with Crippen LogP contribution in [0.1, 0.15) is 110 Å². The molecule has 152 valence electrons. The van der Waals surface area contributed by atoms with Gasteiger partial charge in [-0.05, 0) is 19.3 Å². The fourth-order valence-corrected chi connectivity index (χ4v) is 3.64. The molecule has 1 amide bonds. The maximum atomic E-state index is 12.0. The lowest BCUT2D eigenvalue weighted by Crippen LogP contribution is -2.33. The highest BCUT2D eigenvalue weighted by Crippen LogP contribution is 2.23. The molecule has 0 aliphatic heterocycles. The van der Waals surface area contributed by atoms with Crippen molar-refractivity contribution < 1.29 is 14.3 Å². The Morgan fingerprint density at radius 3 is 2.04 bits per heavy atom. The highest BCUT2D eigenvalue weighted by Gasteiger charge is 2.20. The van der Waals surface area contributed by atoms with E-state index in [-0.39, 0.29) is 24.2 Å². The summed E-state index contributed by atoms with van der Waals surface area (Å²) >= 11 is 0. The van der Waals surface area contributed by atoms with Gasteiger partial charge in [-0.1, -0.05) is 84.0 Å². The van der Waals surface area contributed by atoms with E-state index in [2.05, 4.69) is 12.2 Å². The molecule has 4 heteroatoms. The van der Waals surface area contributed by atoms with E-state index in [4.69, 9.17) is 4.74 Å². The molecule has 0 bridgehead atoms. The van der Waals surface area contributed by atoms with Crippen molar-refractivity contribution in [3.63, 3.8) is 0 Å². The summed E-state index contributed by atoms with van der Waals surface area (Å²) in [6.45, 7) is 3.18. The highest BCUT2D eigenvalue weighted by atomic mass is 16.5. The zero-order valence-corrected chi connectivity index (χ0v) is 17.0. The van der Waals surface area contributed by atoms with Crippen molar-refractivity contribution in [3.05, 3.63) is 0 Å². The summed E-state index contributed by atoms with van der Waals surface area (Å²) in [5, 5.41) is 2.89. The van der Waals surface area contributed by atoms with E-state index in [0.29, 0.717) is 13.2 Å². The molecule has 1 aliphatic carbocycles. The second-order valence-electron chi connectivity index (χ2n) is 7.78. The molecule has 1 rings (SSSR count). The molecule has 26 heavy (non-hydrogen) atoms. The predicted octanol–water partition coefficient (Wildman–Crippen LogP) is 5.54. The Hall–Kier alpha value is -1.06. The Labute approximate surface area is 160 Å². The van der Waals surface area contributed by atoms with Crippen molar-refractivity contribution in [3.8, 4) is 0 Å². The first kappa shape index (κ1) is 23.0. The van der Waals surface area contributed by atoms with Crippen LogP contribution in [0.2, 0.25) is 0 Å². The normalized spacial score (nSPS) is 15.0. The van der Waals surface area contributed by atoms with E-state index in [1.807, 2.05) is 0 Å². The maximum absolute atomic E-state index is 12.0. The molecule has 0 unspecified atom stereocenters. The Morgan fingerprint density at radius 1 is 0.846 bits per heavy atom. The number of nitrogens with one attached hydrogen (secondary N) is 1. The van der Waals surface area contributed by atoms with E-state index in [0.717, 1.165) is 38.5 Å². The molecule has 0 aromatic carbocycles. The Kier molecular flexibility index (Phi) is 14.3. The summed E-state index contributed by atoms with van der Waals surface area (Å²) in [4.78, 5) is 23.7. The monoisotopic (exact) mass is 367 g/mol. The average Bonchev–Trinajstić information content (AvgIpc) is 2.66. The first-order chi connectivity index (χ1) is 12.7. The lowest BCUT2D eigenvalue weighted by molar-refractivity contribution is -0.143. The van der Waals surface area contributed by atoms with E-state index in [1.54, 1.807) is 0 Å².